The number of hydrogen-bond acceptors (Lipinski definition) is 2. The Hall–Kier alpha value is -1.18. The second-order valence-electron chi connectivity index (χ2n) is 6.33. The van der Waals surface area contributed by atoms with Gasteiger partial charge in [0.25, 0.3) is 0 Å². The van der Waals surface area contributed by atoms with Crippen LogP contribution in [-0.4, -0.2) is 10.2 Å². The molecule has 0 aromatic heterocycles. The van der Waals surface area contributed by atoms with Crippen LogP contribution in [0, 0.1) is 0 Å². The van der Waals surface area contributed by atoms with Gasteiger partial charge in [0.15, 0.2) is 0 Å². The second kappa shape index (κ2) is 4.83. The lowest BCUT2D eigenvalue weighted by atomic mass is 9.75. The summed E-state index contributed by atoms with van der Waals surface area (Å²) in [6.07, 6.45) is 1.81. The lowest BCUT2D eigenvalue weighted by Gasteiger charge is -2.30. The minimum absolute atomic E-state index is 0.0869. The number of rotatable bonds is 4. The molecule has 2 nitrogen and oxygen atoms in total. The molecule has 0 aliphatic rings. The van der Waals surface area contributed by atoms with Crippen molar-refractivity contribution >= 4 is 0 Å². The molecule has 2 heteroatoms. The van der Waals surface area contributed by atoms with E-state index in [9.17, 15) is 10.2 Å². The van der Waals surface area contributed by atoms with Crippen molar-refractivity contribution in [3.8, 4) is 11.5 Å². The van der Waals surface area contributed by atoms with Gasteiger partial charge in [-0.1, -0.05) is 47.6 Å². The van der Waals surface area contributed by atoms with E-state index in [1.165, 1.54) is 0 Å². The standard InChI is InChI=1S/C16H26O2/c1-7-15(3,4)11-9-10-12(17)13(14(11)18)16(5,6)8-2/h9-10,17-18H,7-8H2,1-6H3. The highest BCUT2D eigenvalue weighted by atomic mass is 16.3. The smallest absolute Gasteiger partial charge is 0.126 e. The molecular weight excluding hydrogens is 224 g/mol. The number of phenolic OH excluding ortho intramolecular Hbond substituents is 2. The normalized spacial score (nSPS) is 12.8. The second-order valence-corrected chi connectivity index (χ2v) is 6.33. The maximum atomic E-state index is 10.5. The largest absolute Gasteiger partial charge is 0.508 e. The van der Waals surface area contributed by atoms with Gasteiger partial charge in [-0.3, -0.25) is 0 Å². The van der Waals surface area contributed by atoms with Gasteiger partial charge in [-0.25, -0.2) is 0 Å². The molecule has 0 atom stereocenters. The molecule has 0 amide bonds. The summed E-state index contributed by atoms with van der Waals surface area (Å²) < 4.78 is 0. The third-order valence-electron chi connectivity index (χ3n) is 4.33. The van der Waals surface area contributed by atoms with Gasteiger partial charge in [-0.2, -0.15) is 0 Å². The Balaban J connectivity index is 3.51. The Bertz CT molecular complexity index is 431. The summed E-state index contributed by atoms with van der Waals surface area (Å²) in [7, 11) is 0. The topological polar surface area (TPSA) is 40.5 Å². The minimum Gasteiger partial charge on any atom is -0.508 e. The van der Waals surface area contributed by atoms with Crippen LogP contribution in [0.1, 0.15) is 65.5 Å². The Morgan fingerprint density at radius 2 is 1.39 bits per heavy atom. The van der Waals surface area contributed by atoms with Crippen molar-refractivity contribution in [3.63, 3.8) is 0 Å². The third-order valence-corrected chi connectivity index (χ3v) is 4.33. The Kier molecular flexibility index (Phi) is 3.99. The van der Waals surface area contributed by atoms with E-state index in [0.29, 0.717) is 5.56 Å². The Morgan fingerprint density at radius 1 is 0.889 bits per heavy atom. The zero-order valence-electron chi connectivity index (χ0n) is 12.5. The van der Waals surface area contributed by atoms with Crippen LogP contribution in [0.3, 0.4) is 0 Å². The molecule has 0 saturated heterocycles. The molecule has 0 unspecified atom stereocenters. The number of hydrogen-bond donors (Lipinski definition) is 2. The summed E-state index contributed by atoms with van der Waals surface area (Å²) in [4.78, 5) is 0. The molecule has 1 aromatic rings. The van der Waals surface area contributed by atoms with Crippen molar-refractivity contribution in [1.29, 1.82) is 0 Å². The fraction of sp³-hybridized carbons (Fsp3) is 0.625. The average molecular weight is 250 g/mol. The maximum absolute atomic E-state index is 10.5. The van der Waals surface area contributed by atoms with Crippen LogP contribution in [0.25, 0.3) is 0 Å². The van der Waals surface area contributed by atoms with Crippen molar-refractivity contribution in [2.24, 2.45) is 0 Å². The van der Waals surface area contributed by atoms with E-state index in [1.807, 2.05) is 19.9 Å². The monoisotopic (exact) mass is 250 g/mol. The molecule has 0 fully saturated rings. The maximum Gasteiger partial charge on any atom is 0.126 e. The van der Waals surface area contributed by atoms with E-state index in [4.69, 9.17) is 0 Å². The number of phenols is 2. The minimum atomic E-state index is -0.228. The van der Waals surface area contributed by atoms with Gasteiger partial charge in [-0.05, 0) is 29.7 Å². The molecule has 0 saturated carbocycles. The molecule has 18 heavy (non-hydrogen) atoms. The van der Waals surface area contributed by atoms with Gasteiger partial charge in [0, 0.05) is 11.1 Å². The first-order valence-electron chi connectivity index (χ1n) is 6.73. The van der Waals surface area contributed by atoms with Crippen LogP contribution in [0.4, 0.5) is 0 Å². The first-order chi connectivity index (χ1) is 8.17. The fourth-order valence-corrected chi connectivity index (χ4v) is 2.16. The highest BCUT2D eigenvalue weighted by Gasteiger charge is 2.31. The summed E-state index contributed by atoms with van der Waals surface area (Å²) in [6, 6.07) is 3.54. The van der Waals surface area contributed by atoms with E-state index in [0.717, 1.165) is 18.4 Å². The van der Waals surface area contributed by atoms with Crippen molar-refractivity contribution in [2.45, 2.75) is 65.2 Å². The van der Waals surface area contributed by atoms with Gasteiger partial charge >= 0.3 is 0 Å². The van der Waals surface area contributed by atoms with E-state index < -0.39 is 0 Å². The van der Waals surface area contributed by atoms with Crippen molar-refractivity contribution in [3.05, 3.63) is 23.3 Å². The third kappa shape index (κ3) is 2.47. The van der Waals surface area contributed by atoms with E-state index in [-0.39, 0.29) is 22.3 Å². The summed E-state index contributed by atoms with van der Waals surface area (Å²) in [5, 5.41) is 20.6. The summed E-state index contributed by atoms with van der Waals surface area (Å²) in [5.74, 6) is 0.448. The van der Waals surface area contributed by atoms with Crippen LogP contribution in [0.15, 0.2) is 12.1 Å². The molecule has 0 aliphatic heterocycles. The number of aromatic hydroxyl groups is 2. The van der Waals surface area contributed by atoms with Gasteiger partial charge in [0.05, 0.1) is 0 Å². The van der Waals surface area contributed by atoms with Gasteiger partial charge < -0.3 is 10.2 Å². The highest BCUT2D eigenvalue weighted by Crippen LogP contribution is 2.45. The van der Waals surface area contributed by atoms with Gasteiger partial charge in [0.2, 0.25) is 0 Å². The van der Waals surface area contributed by atoms with E-state index in [1.54, 1.807) is 6.07 Å². The van der Waals surface area contributed by atoms with Crippen LogP contribution in [0.2, 0.25) is 0 Å². The SMILES string of the molecule is CCC(C)(C)c1ccc(O)c(C(C)(C)CC)c1O. The zero-order chi connectivity index (χ0) is 14.1. The summed E-state index contributed by atoms with van der Waals surface area (Å²) >= 11 is 0. The Morgan fingerprint density at radius 3 is 1.83 bits per heavy atom. The van der Waals surface area contributed by atoms with Crippen LogP contribution in [0.5, 0.6) is 11.5 Å². The molecule has 0 radical (unpaired) electrons. The summed E-state index contributed by atoms with van der Waals surface area (Å²) in [5.41, 5.74) is 1.27. The predicted octanol–water partition coefficient (Wildman–Crippen LogP) is 4.47. The zero-order valence-corrected chi connectivity index (χ0v) is 12.5. The molecule has 2 N–H and O–H groups in total. The predicted molar refractivity (Wildman–Crippen MR) is 76.4 cm³/mol. The average Bonchev–Trinajstić information content (AvgIpc) is 2.28. The summed E-state index contributed by atoms with van der Waals surface area (Å²) in [6.45, 7) is 12.5. The van der Waals surface area contributed by atoms with Crippen LogP contribution < -0.4 is 0 Å². The fourth-order valence-electron chi connectivity index (χ4n) is 2.16. The quantitative estimate of drug-likeness (QED) is 0.827. The molecular formula is C16H26O2. The molecule has 1 rings (SSSR count). The lowest BCUT2D eigenvalue weighted by Crippen LogP contribution is -2.20. The molecule has 0 bridgehead atoms. The molecule has 1 aromatic carbocycles. The van der Waals surface area contributed by atoms with Gasteiger partial charge in [-0.15, -0.1) is 0 Å². The highest BCUT2D eigenvalue weighted by molar-refractivity contribution is 5.54. The van der Waals surface area contributed by atoms with E-state index >= 15 is 0 Å². The first-order valence-corrected chi connectivity index (χ1v) is 6.73. The number of benzene rings is 1. The first kappa shape index (κ1) is 14.9. The van der Waals surface area contributed by atoms with Crippen LogP contribution >= 0.6 is 0 Å². The van der Waals surface area contributed by atoms with Crippen molar-refractivity contribution < 1.29 is 10.2 Å². The lowest BCUT2D eigenvalue weighted by molar-refractivity contribution is 0.377. The molecule has 102 valence electrons. The molecule has 0 aliphatic carbocycles. The molecule has 0 spiro atoms. The van der Waals surface area contributed by atoms with Crippen LogP contribution in [-0.2, 0) is 10.8 Å². The van der Waals surface area contributed by atoms with Crippen molar-refractivity contribution in [2.75, 3.05) is 0 Å². The van der Waals surface area contributed by atoms with E-state index in [2.05, 4.69) is 27.7 Å². The van der Waals surface area contributed by atoms with Crippen molar-refractivity contribution in [1.82, 2.24) is 0 Å². The van der Waals surface area contributed by atoms with Gasteiger partial charge in [0.1, 0.15) is 11.5 Å². The molecule has 0 heterocycles. The Labute approximate surface area is 111 Å².